The first-order chi connectivity index (χ1) is 17.1. The zero-order valence-electron chi connectivity index (χ0n) is 19.2. The van der Waals surface area contributed by atoms with Gasteiger partial charge in [-0.25, -0.2) is 19.4 Å². The largest absolute Gasteiger partial charge is 0.529 e. The fraction of sp³-hybridized carbons (Fsp3) is 0.400. The van der Waals surface area contributed by atoms with E-state index in [1.165, 1.54) is 30.0 Å². The average molecular weight is 543 g/mol. The van der Waals surface area contributed by atoms with Crippen LogP contribution in [-0.4, -0.2) is 67.5 Å². The van der Waals surface area contributed by atoms with Crippen LogP contribution in [0.25, 0.3) is 11.2 Å². The smallest absolute Gasteiger partial charge is 0.390 e. The number of para-hydroxylation sites is 1. The molecule has 1 fully saturated rings. The molecule has 0 bridgehead atoms. The Morgan fingerprint density at radius 2 is 2.11 bits per heavy atom. The molecule has 0 amide bonds. The van der Waals surface area contributed by atoms with Crippen molar-refractivity contribution in [3.05, 3.63) is 41.9 Å². The van der Waals surface area contributed by atoms with E-state index in [1.807, 2.05) is 0 Å². The molecule has 4 N–H and O–H groups in total. The van der Waals surface area contributed by atoms with E-state index in [0.717, 1.165) is 0 Å². The van der Waals surface area contributed by atoms with Gasteiger partial charge in [-0.3, -0.25) is 18.8 Å². The molecular weight excluding hydrogens is 519 g/mol. The second kappa shape index (κ2) is 10.6. The first-order valence-corrected chi connectivity index (χ1v) is 12.5. The first kappa shape index (κ1) is 26.2. The van der Waals surface area contributed by atoms with E-state index in [9.17, 15) is 19.4 Å². The zero-order chi connectivity index (χ0) is 26.0. The van der Waals surface area contributed by atoms with Gasteiger partial charge in [-0.1, -0.05) is 18.2 Å². The number of hydrogen-bond donors (Lipinski definition) is 3. The quantitative estimate of drug-likeness (QED) is 0.202. The Morgan fingerprint density at radius 1 is 1.39 bits per heavy atom. The number of fused-ring (bicyclic) bond motifs is 1. The van der Waals surface area contributed by atoms with Crippen LogP contribution in [0, 0.1) is 0 Å². The lowest BCUT2D eigenvalue weighted by Crippen LogP contribution is -2.39. The molecule has 4 rings (SSSR count). The number of aliphatic hydroxyl groups excluding tert-OH is 1. The Balaban J connectivity index is 1.37. The third kappa shape index (κ3) is 5.60. The molecule has 194 valence electrons. The summed E-state index contributed by atoms with van der Waals surface area (Å²) in [5.74, 6) is -0.977. The molecule has 0 spiro atoms. The zero-order valence-corrected chi connectivity index (χ0v) is 20.8. The molecule has 0 saturated carbocycles. The van der Waals surface area contributed by atoms with Gasteiger partial charge in [0, 0.05) is 6.42 Å². The van der Waals surface area contributed by atoms with E-state index in [2.05, 4.69) is 15.0 Å². The molecule has 0 radical (unpaired) electrons. The number of hydroxylamine groups is 1. The van der Waals surface area contributed by atoms with Gasteiger partial charge < -0.3 is 20.1 Å². The van der Waals surface area contributed by atoms with E-state index < -0.39 is 44.9 Å². The van der Waals surface area contributed by atoms with Crippen molar-refractivity contribution in [2.75, 3.05) is 24.5 Å². The van der Waals surface area contributed by atoms with Crippen LogP contribution >= 0.6 is 19.4 Å². The van der Waals surface area contributed by atoms with Crippen molar-refractivity contribution < 1.29 is 38.0 Å². The Bertz CT molecular complexity index is 1280. The number of aliphatic hydroxyl groups is 1. The highest BCUT2D eigenvalue weighted by Crippen LogP contribution is 2.45. The molecule has 1 aromatic carbocycles. The first-order valence-electron chi connectivity index (χ1n) is 10.7. The van der Waals surface area contributed by atoms with Crippen molar-refractivity contribution in [2.45, 2.75) is 37.8 Å². The minimum atomic E-state index is -4.85. The van der Waals surface area contributed by atoms with Crippen molar-refractivity contribution in [2.24, 2.45) is 0 Å². The number of phosphoric acid groups is 1. The van der Waals surface area contributed by atoms with E-state index in [-0.39, 0.29) is 17.5 Å². The van der Waals surface area contributed by atoms with Crippen molar-refractivity contribution in [3.8, 4) is 0 Å². The van der Waals surface area contributed by atoms with Crippen LogP contribution in [0.4, 0.5) is 11.5 Å². The molecule has 1 saturated heterocycles. The molecular formula is C20H24ClN6O8P. The maximum absolute atomic E-state index is 12.5. The van der Waals surface area contributed by atoms with Crippen LogP contribution in [0.1, 0.15) is 19.6 Å². The number of carbonyl (C=O) groups excluding carboxylic acids is 1. The molecule has 14 nitrogen and oxygen atoms in total. The second-order valence-corrected chi connectivity index (χ2v) is 9.54. The normalized spacial score (nSPS) is 22.3. The third-order valence-electron chi connectivity index (χ3n) is 5.44. The van der Waals surface area contributed by atoms with Gasteiger partial charge in [0.15, 0.2) is 17.5 Å². The predicted octanol–water partition coefficient (Wildman–Crippen LogP) is 1.83. The number of carbonyl (C=O) groups is 1. The Labute approximate surface area is 210 Å². The van der Waals surface area contributed by atoms with Gasteiger partial charge in [-0.05, 0) is 30.7 Å². The molecule has 2 aromatic heterocycles. The Hall–Kier alpha value is -2.84. The minimum absolute atomic E-state index is 0.0822. The van der Waals surface area contributed by atoms with Crippen molar-refractivity contribution in [1.29, 1.82) is 0 Å². The van der Waals surface area contributed by atoms with E-state index in [4.69, 9.17) is 36.0 Å². The SMILES string of the molecule is CON(c1ccccc1)[C@@H](C)C(=O)OP(=O)(O)OC[C@H]1O[C@@H](n2cnc3c(N)nc(Cl)nc32)C[C@@H]1O. The summed E-state index contributed by atoms with van der Waals surface area (Å²) in [6, 6.07) is 7.57. The average Bonchev–Trinajstić information content (AvgIpc) is 3.42. The lowest BCUT2D eigenvalue weighted by Gasteiger charge is -2.27. The molecule has 3 aromatic rings. The minimum Gasteiger partial charge on any atom is -0.390 e. The van der Waals surface area contributed by atoms with Gasteiger partial charge in [0.05, 0.1) is 31.8 Å². The van der Waals surface area contributed by atoms with Crippen LogP contribution in [-0.2, 0) is 28.0 Å². The number of phosphoric ester groups is 1. The summed E-state index contributed by atoms with van der Waals surface area (Å²) in [6.45, 7) is 0.898. The van der Waals surface area contributed by atoms with Crippen LogP contribution in [0.15, 0.2) is 36.7 Å². The van der Waals surface area contributed by atoms with Crippen LogP contribution in [0.5, 0.6) is 0 Å². The summed E-state index contributed by atoms with van der Waals surface area (Å²) < 4.78 is 29.4. The summed E-state index contributed by atoms with van der Waals surface area (Å²) in [4.78, 5) is 39.9. The highest BCUT2D eigenvalue weighted by molar-refractivity contribution is 7.48. The fourth-order valence-corrected chi connectivity index (χ4v) is 4.64. The summed E-state index contributed by atoms with van der Waals surface area (Å²) in [7, 11) is -3.51. The molecule has 5 atom stereocenters. The Morgan fingerprint density at radius 3 is 2.81 bits per heavy atom. The number of anilines is 2. The van der Waals surface area contributed by atoms with Gasteiger partial charge >= 0.3 is 13.8 Å². The number of aromatic nitrogens is 4. The number of imidazole rings is 1. The van der Waals surface area contributed by atoms with Gasteiger partial charge in [0.1, 0.15) is 17.8 Å². The van der Waals surface area contributed by atoms with Gasteiger partial charge in [-0.2, -0.15) is 9.97 Å². The maximum atomic E-state index is 12.5. The van der Waals surface area contributed by atoms with E-state index in [0.29, 0.717) is 16.9 Å². The number of ether oxygens (including phenoxy) is 1. The highest BCUT2D eigenvalue weighted by atomic mass is 35.5. The van der Waals surface area contributed by atoms with Gasteiger partial charge in [0.2, 0.25) is 5.28 Å². The lowest BCUT2D eigenvalue weighted by molar-refractivity contribution is -0.139. The number of hydrogen-bond acceptors (Lipinski definition) is 12. The summed E-state index contributed by atoms with van der Waals surface area (Å²) in [6.07, 6.45) is -1.34. The maximum Gasteiger partial charge on any atom is 0.529 e. The topological polar surface area (TPSA) is 184 Å². The van der Waals surface area contributed by atoms with Crippen molar-refractivity contribution in [1.82, 2.24) is 19.5 Å². The molecule has 3 heterocycles. The van der Waals surface area contributed by atoms with Crippen LogP contribution < -0.4 is 10.8 Å². The molecule has 1 unspecified atom stereocenters. The summed E-state index contributed by atoms with van der Waals surface area (Å²) in [5, 5.41) is 11.5. The number of rotatable bonds is 9. The molecule has 0 aliphatic carbocycles. The standard InChI is InChI=1S/C20H24ClN6O8P/c1-11(27(32-2)12-6-4-3-5-7-12)19(29)35-36(30,31)33-9-14-13(28)8-15(34-14)26-10-23-16-17(22)24-20(21)25-18(16)26/h3-7,10-11,13-15,28H,8-9H2,1-2H3,(H,30,31)(H2,22,24,25)/t11-,13-,14+,15+/m0/s1. The molecule has 1 aliphatic rings. The lowest BCUT2D eigenvalue weighted by atomic mass is 10.2. The van der Waals surface area contributed by atoms with Crippen molar-refractivity contribution in [3.63, 3.8) is 0 Å². The molecule has 36 heavy (non-hydrogen) atoms. The van der Waals surface area contributed by atoms with E-state index >= 15 is 0 Å². The fourth-order valence-electron chi connectivity index (χ4n) is 3.70. The van der Waals surface area contributed by atoms with Gasteiger partial charge in [-0.15, -0.1) is 0 Å². The number of nitrogens with two attached hydrogens (primary N) is 1. The highest BCUT2D eigenvalue weighted by Gasteiger charge is 2.39. The summed E-state index contributed by atoms with van der Waals surface area (Å²) >= 11 is 5.88. The number of benzene rings is 1. The number of nitrogens with zero attached hydrogens (tertiary/aromatic N) is 5. The van der Waals surface area contributed by atoms with E-state index in [1.54, 1.807) is 30.3 Å². The predicted molar refractivity (Wildman–Crippen MR) is 127 cm³/mol. The second-order valence-electron chi connectivity index (χ2n) is 7.83. The summed E-state index contributed by atoms with van der Waals surface area (Å²) in [5.41, 5.74) is 6.94. The van der Waals surface area contributed by atoms with Gasteiger partial charge in [0.25, 0.3) is 0 Å². The number of nitrogen functional groups attached to an aromatic ring is 1. The monoisotopic (exact) mass is 542 g/mol. The molecule has 16 heteroatoms. The number of halogens is 1. The van der Waals surface area contributed by atoms with Crippen molar-refractivity contribution >= 4 is 48.1 Å². The Kier molecular flexibility index (Phi) is 7.76. The van der Waals surface area contributed by atoms with Crippen LogP contribution in [0.3, 0.4) is 0 Å². The van der Waals surface area contributed by atoms with Crippen LogP contribution in [0.2, 0.25) is 5.28 Å². The molecule has 1 aliphatic heterocycles. The third-order valence-corrected chi connectivity index (χ3v) is 6.50.